The minimum absolute atomic E-state index is 0.0352. The molecule has 0 saturated carbocycles. The van der Waals surface area contributed by atoms with Crippen LogP contribution in [0.1, 0.15) is 64.1 Å². The number of rotatable bonds is 7. The van der Waals surface area contributed by atoms with E-state index in [1.54, 1.807) is 39.0 Å². The highest BCUT2D eigenvalue weighted by Gasteiger charge is 2.31. The van der Waals surface area contributed by atoms with E-state index in [1.165, 1.54) is 0 Å². The predicted molar refractivity (Wildman–Crippen MR) is 108 cm³/mol. The number of hydrogen-bond donors (Lipinski definition) is 1. The number of amides is 1. The van der Waals surface area contributed by atoms with Gasteiger partial charge in [0.2, 0.25) is 15.7 Å². The summed E-state index contributed by atoms with van der Waals surface area (Å²) in [6, 6.07) is 6.54. The van der Waals surface area contributed by atoms with E-state index in [0.717, 1.165) is 5.56 Å². The summed E-state index contributed by atoms with van der Waals surface area (Å²) in [7, 11) is -3.82. The molecule has 0 aliphatic heterocycles. The Labute approximate surface area is 172 Å². The van der Waals surface area contributed by atoms with Crippen LogP contribution in [0.3, 0.4) is 0 Å². The Morgan fingerprint density at radius 3 is 2.55 bits per heavy atom. The van der Waals surface area contributed by atoms with Crippen LogP contribution in [0.5, 0.6) is 0 Å². The first kappa shape index (κ1) is 22.9. The van der Waals surface area contributed by atoms with Crippen LogP contribution in [-0.4, -0.2) is 30.3 Å². The summed E-state index contributed by atoms with van der Waals surface area (Å²) in [6.07, 6.45) is 0.0685. The van der Waals surface area contributed by atoms with Gasteiger partial charge in [-0.15, -0.1) is 5.10 Å². The zero-order chi connectivity index (χ0) is 21.8. The number of benzene rings is 1. The summed E-state index contributed by atoms with van der Waals surface area (Å²) in [5.41, 5.74) is 0.929. The van der Waals surface area contributed by atoms with Crippen molar-refractivity contribution in [1.29, 1.82) is 0 Å². The number of nitrogens with zero attached hydrogens (tertiary/aromatic N) is 2. The lowest BCUT2D eigenvalue weighted by Crippen LogP contribution is -2.37. The van der Waals surface area contributed by atoms with Crippen molar-refractivity contribution in [1.82, 2.24) is 15.5 Å². The van der Waals surface area contributed by atoms with E-state index < -0.39 is 32.8 Å². The van der Waals surface area contributed by atoms with Crippen LogP contribution >= 0.6 is 0 Å². The zero-order valence-corrected chi connectivity index (χ0v) is 18.5. The lowest BCUT2D eigenvalue weighted by Gasteiger charge is -2.24. The number of nitrogens with one attached hydrogen (secondary N) is 1. The van der Waals surface area contributed by atoms with Crippen molar-refractivity contribution in [3.8, 4) is 0 Å². The van der Waals surface area contributed by atoms with Crippen LogP contribution in [0, 0.1) is 12.8 Å². The van der Waals surface area contributed by atoms with Gasteiger partial charge in [0.25, 0.3) is 0 Å². The SMILES string of the molecule is CC[C@H](C)[C@@H](NC(=O)OC(C)(C)C)c1nnc(S(=O)(=O)Cc2cccc(C)c2)o1. The fourth-order valence-corrected chi connectivity index (χ4v) is 3.79. The molecule has 0 unspecified atom stereocenters. The maximum absolute atomic E-state index is 12.7. The third-order valence-corrected chi connectivity index (χ3v) is 5.69. The monoisotopic (exact) mass is 423 g/mol. The van der Waals surface area contributed by atoms with Gasteiger partial charge in [-0.05, 0) is 39.2 Å². The Morgan fingerprint density at radius 1 is 1.28 bits per heavy atom. The second-order valence-corrected chi connectivity index (χ2v) is 10.0. The van der Waals surface area contributed by atoms with Crippen LogP contribution in [0.2, 0.25) is 0 Å². The second-order valence-electron chi connectivity index (χ2n) is 8.16. The molecule has 1 amide bonds. The molecule has 2 atom stereocenters. The van der Waals surface area contributed by atoms with E-state index in [1.807, 2.05) is 26.8 Å². The average molecular weight is 424 g/mol. The molecule has 0 aliphatic rings. The van der Waals surface area contributed by atoms with E-state index in [0.29, 0.717) is 12.0 Å². The van der Waals surface area contributed by atoms with Gasteiger partial charge in [-0.1, -0.05) is 55.2 Å². The Bertz CT molecular complexity index is 947. The molecule has 9 heteroatoms. The smallest absolute Gasteiger partial charge is 0.408 e. The lowest BCUT2D eigenvalue weighted by molar-refractivity contribution is 0.0473. The van der Waals surface area contributed by atoms with Crippen LogP contribution in [0.15, 0.2) is 33.9 Å². The van der Waals surface area contributed by atoms with Gasteiger partial charge in [0.15, 0.2) is 0 Å². The topological polar surface area (TPSA) is 111 Å². The van der Waals surface area contributed by atoms with Crippen LogP contribution in [0.4, 0.5) is 4.79 Å². The molecule has 0 bridgehead atoms. The average Bonchev–Trinajstić information content (AvgIpc) is 3.08. The summed E-state index contributed by atoms with van der Waals surface area (Å²) in [4.78, 5) is 12.2. The molecule has 0 radical (unpaired) electrons. The van der Waals surface area contributed by atoms with Crippen LogP contribution < -0.4 is 5.32 Å². The Kier molecular flexibility index (Phi) is 7.05. The quantitative estimate of drug-likeness (QED) is 0.717. The maximum Gasteiger partial charge on any atom is 0.408 e. The molecule has 1 heterocycles. The van der Waals surface area contributed by atoms with Gasteiger partial charge in [0.1, 0.15) is 11.6 Å². The van der Waals surface area contributed by atoms with Crippen molar-refractivity contribution in [3.63, 3.8) is 0 Å². The molecule has 2 rings (SSSR count). The fourth-order valence-electron chi connectivity index (χ4n) is 2.67. The van der Waals surface area contributed by atoms with Crippen molar-refractivity contribution in [2.75, 3.05) is 0 Å². The highest BCUT2D eigenvalue weighted by atomic mass is 32.2. The number of carbonyl (C=O) groups excluding carboxylic acids is 1. The van der Waals surface area contributed by atoms with E-state index in [2.05, 4.69) is 15.5 Å². The zero-order valence-electron chi connectivity index (χ0n) is 17.7. The standard InChI is InChI=1S/C20H29N3O5S/c1-7-14(3)16(21-18(24)28-20(4,5)6)17-22-23-19(27-17)29(25,26)12-15-10-8-9-13(2)11-15/h8-11,14,16H,7,12H2,1-6H3,(H,21,24)/t14-,16+/m0/s1. The molecule has 0 aliphatic carbocycles. The number of alkyl carbamates (subject to hydrolysis) is 1. The van der Waals surface area contributed by atoms with Gasteiger partial charge in [-0.25, -0.2) is 13.2 Å². The molecule has 1 aromatic heterocycles. The molecule has 1 aromatic carbocycles. The number of aryl methyl sites for hydroxylation is 1. The molecule has 8 nitrogen and oxygen atoms in total. The lowest BCUT2D eigenvalue weighted by atomic mass is 9.99. The number of sulfone groups is 1. The van der Waals surface area contributed by atoms with Crippen molar-refractivity contribution in [2.24, 2.45) is 5.92 Å². The minimum atomic E-state index is -3.82. The van der Waals surface area contributed by atoms with Crippen molar-refractivity contribution >= 4 is 15.9 Å². The third-order valence-electron chi connectivity index (χ3n) is 4.28. The van der Waals surface area contributed by atoms with Crippen molar-refractivity contribution in [2.45, 2.75) is 70.6 Å². The first-order valence-electron chi connectivity index (χ1n) is 9.52. The van der Waals surface area contributed by atoms with Gasteiger partial charge in [0.05, 0.1) is 5.75 Å². The normalized spacial score (nSPS) is 14.3. The van der Waals surface area contributed by atoms with Crippen molar-refractivity contribution < 1.29 is 22.4 Å². The van der Waals surface area contributed by atoms with Crippen molar-refractivity contribution in [3.05, 3.63) is 41.3 Å². The molecular weight excluding hydrogens is 394 g/mol. The first-order valence-corrected chi connectivity index (χ1v) is 11.2. The Morgan fingerprint density at radius 2 is 1.97 bits per heavy atom. The van der Waals surface area contributed by atoms with E-state index >= 15 is 0 Å². The molecule has 29 heavy (non-hydrogen) atoms. The summed E-state index contributed by atoms with van der Waals surface area (Å²) < 4.78 is 36.2. The predicted octanol–water partition coefficient (Wildman–Crippen LogP) is 3.96. The van der Waals surface area contributed by atoms with Crippen LogP contribution in [0.25, 0.3) is 0 Å². The van der Waals surface area contributed by atoms with E-state index in [4.69, 9.17) is 9.15 Å². The second kappa shape index (κ2) is 8.94. The molecule has 160 valence electrons. The number of hydrogen-bond acceptors (Lipinski definition) is 7. The molecule has 2 aromatic rings. The Balaban J connectivity index is 2.24. The Hall–Kier alpha value is -2.42. The fraction of sp³-hybridized carbons (Fsp3) is 0.550. The third kappa shape index (κ3) is 6.56. The summed E-state index contributed by atoms with van der Waals surface area (Å²) in [6.45, 7) is 11.0. The van der Waals surface area contributed by atoms with Gasteiger partial charge in [-0.2, -0.15) is 0 Å². The molecule has 0 fully saturated rings. The minimum Gasteiger partial charge on any atom is -0.444 e. The van der Waals surface area contributed by atoms with E-state index in [-0.39, 0.29) is 17.6 Å². The molecule has 0 spiro atoms. The largest absolute Gasteiger partial charge is 0.444 e. The molecule has 0 saturated heterocycles. The summed E-state index contributed by atoms with van der Waals surface area (Å²) in [5.74, 6) is -0.285. The van der Waals surface area contributed by atoms with Gasteiger partial charge in [0, 0.05) is 0 Å². The maximum atomic E-state index is 12.7. The number of carbonyl (C=O) groups is 1. The van der Waals surface area contributed by atoms with Crippen LogP contribution in [-0.2, 0) is 20.3 Å². The van der Waals surface area contributed by atoms with Gasteiger partial charge in [-0.3, -0.25) is 0 Å². The highest BCUT2D eigenvalue weighted by Crippen LogP contribution is 2.26. The first-order chi connectivity index (χ1) is 13.4. The molecular formula is C20H29N3O5S. The number of ether oxygens (including phenoxy) is 1. The van der Waals surface area contributed by atoms with Gasteiger partial charge >= 0.3 is 11.3 Å². The van der Waals surface area contributed by atoms with Gasteiger partial charge < -0.3 is 14.5 Å². The summed E-state index contributed by atoms with van der Waals surface area (Å²) in [5, 5.41) is 9.87. The van der Waals surface area contributed by atoms with E-state index in [9.17, 15) is 13.2 Å². The number of aromatic nitrogens is 2. The molecule has 1 N–H and O–H groups in total. The summed E-state index contributed by atoms with van der Waals surface area (Å²) >= 11 is 0. The highest BCUT2D eigenvalue weighted by molar-refractivity contribution is 7.90.